The van der Waals surface area contributed by atoms with E-state index in [0.717, 1.165) is 27.5 Å². The van der Waals surface area contributed by atoms with Crippen LogP contribution in [0.15, 0.2) is 30.3 Å². The van der Waals surface area contributed by atoms with E-state index in [2.05, 4.69) is 35.4 Å². The maximum absolute atomic E-state index is 12.2. The molecule has 1 N–H and O–H groups in total. The van der Waals surface area contributed by atoms with Crippen LogP contribution < -0.4 is 5.32 Å². The quantitative estimate of drug-likeness (QED) is 0.733. The topological polar surface area (TPSA) is 51.2 Å². The standard InChI is InChI=1S/C17H18N2O2S/c1-11-4-5-14-12(8-11)9-13-10-15(22-17(13)19-14)16(20)18-6-3-7-21-2/h4-5,8-10H,3,6-7H2,1-2H3,(H,18,20). The molecule has 0 radical (unpaired) electrons. The molecule has 22 heavy (non-hydrogen) atoms. The van der Waals surface area contributed by atoms with Crippen molar-refractivity contribution in [3.8, 4) is 0 Å². The minimum absolute atomic E-state index is 0.0423. The van der Waals surface area contributed by atoms with Gasteiger partial charge in [-0.25, -0.2) is 4.98 Å². The summed E-state index contributed by atoms with van der Waals surface area (Å²) in [6, 6.07) is 10.2. The molecule has 0 saturated heterocycles. The molecule has 2 aromatic heterocycles. The van der Waals surface area contributed by atoms with Gasteiger partial charge in [-0.3, -0.25) is 4.79 Å². The largest absolute Gasteiger partial charge is 0.385 e. The molecule has 0 atom stereocenters. The van der Waals surface area contributed by atoms with E-state index in [9.17, 15) is 4.79 Å². The maximum atomic E-state index is 12.2. The molecular weight excluding hydrogens is 296 g/mol. The van der Waals surface area contributed by atoms with Crippen LogP contribution in [0.25, 0.3) is 21.1 Å². The molecule has 1 amide bonds. The van der Waals surface area contributed by atoms with Crippen molar-refractivity contribution in [2.45, 2.75) is 13.3 Å². The molecule has 114 valence electrons. The molecule has 0 spiro atoms. The van der Waals surface area contributed by atoms with Crippen LogP contribution in [0, 0.1) is 6.92 Å². The van der Waals surface area contributed by atoms with Gasteiger partial charge in [0.1, 0.15) is 4.83 Å². The summed E-state index contributed by atoms with van der Waals surface area (Å²) in [6.45, 7) is 3.34. The van der Waals surface area contributed by atoms with Crippen molar-refractivity contribution >= 4 is 38.4 Å². The van der Waals surface area contributed by atoms with Gasteiger partial charge in [0.25, 0.3) is 5.91 Å². The molecule has 0 aliphatic carbocycles. The number of thiophene rings is 1. The number of methoxy groups -OCH3 is 1. The van der Waals surface area contributed by atoms with E-state index in [1.807, 2.05) is 12.1 Å². The number of benzene rings is 1. The number of carbonyl (C=O) groups is 1. The number of aryl methyl sites for hydroxylation is 1. The van der Waals surface area contributed by atoms with Crippen molar-refractivity contribution in [2.75, 3.05) is 20.3 Å². The molecule has 0 unspecified atom stereocenters. The summed E-state index contributed by atoms with van der Waals surface area (Å²) in [5.41, 5.74) is 2.17. The van der Waals surface area contributed by atoms with Gasteiger partial charge >= 0.3 is 0 Å². The highest BCUT2D eigenvalue weighted by atomic mass is 32.1. The van der Waals surface area contributed by atoms with Crippen molar-refractivity contribution < 1.29 is 9.53 Å². The summed E-state index contributed by atoms with van der Waals surface area (Å²) in [7, 11) is 1.66. The number of carbonyl (C=O) groups excluding carboxylic acids is 1. The number of nitrogens with one attached hydrogen (secondary N) is 1. The first kappa shape index (κ1) is 14.9. The van der Waals surface area contributed by atoms with Crippen molar-refractivity contribution in [2.24, 2.45) is 0 Å². The SMILES string of the molecule is COCCCNC(=O)c1cc2cc3cc(C)ccc3nc2s1. The zero-order valence-electron chi connectivity index (χ0n) is 12.7. The fraction of sp³-hybridized carbons (Fsp3) is 0.294. The van der Waals surface area contributed by atoms with Crippen molar-refractivity contribution in [3.63, 3.8) is 0 Å². The van der Waals surface area contributed by atoms with E-state index in [4.69, 9.17) is 4.74 Å². The van der Waals surface area contributed by atoms with Crippen LogP contribution in [0.3, 0.4) is 0 Å². The number of nitrogens with zero attached hydrogens (tertiary/aromatic N) is 1. The van der Waals surface area contributed by atoms with Gasteiger partial charge in [0, 0.05) is 31.0 Å². The van der Waals surface area contributed by atoms with E-state index in [1.54, 1.807) is 7.11 Å². The molecule has 2 heterocycles. The van der Waals surface area contributed by atoms with Crippen LogP contribution in [-0.4, -0.2) is 31.2 Å². The normalized spacial score (nSPS) is 11.2. The molecule has 4 nitrogen and oxygen atoms in total. The van der Waals surface area contributed by atoms with Crippen molar-refractivity contribution in [1.82, 2.24) is 10.3 Å². The van der Waals surface area contributed by atoms with Crippen LogP contribution >= 0.6 is 11.3 Å². The summed E-state index contributed by atoms with van der Waals surface area (Å²) in [4.78, 5) is 18.4. The third-order valence-electron chi connectivity index (χ3n) is 3.49. The van der Waals surface area contributed by atoms with E-state index < -0.39 is 0 Å². The Balaban J connectivity index is 1.85. The molecule has 0 saturated carbocycles. The Kier molecular flexibility index (Phi) is 4.36. The number of hydrogen-bond acceptors (Lipinski definition) is 4. The predicted molar refractivity (Wildman–Crippen MR) is 90.7 cm³/mol. The smallest absolute Gasteiger partial charge is 0.261 e. The predicted octanol–water partition coefficient (Wildman–Crippen LogP) is 3.52. The summed E-state index contributed by atoms with van der Waals surface area (Å²) in [5, 5.41) is 5.04. The highest BCUT2D eigenvalue weighted by molar-refractivity contribution is 7.20. The Morgan fingerprint density at radius 2 is 2.14 bits per heavy atom. The van der Waals surface area contributed by atoms with E-state index >= 15 is 0 Å². The monoisotopic (exact) mass is 314 g/mol. The van der Waals surface area contributed by atoms with Crippen LogP contribution in [0.1, 0.15) is 21.7 Å². The first-order valence-electron chi connectivity index (χ1n) is 7.25. The summed E-state index contributed by atoms with van der Waals surface area (Å²) < 4.78 is 4.97. The van der Waals surface area contributed by atoms with Gasteiger partial charge in [-0.2, -0.15) is 0 Å². The van der Waals surface area contributed by atoms with E-state index in [-0.39, 0.29) is 5.91 Å². The summed E-state index contributed by atoms with van der Waals surface area (Å²) in [6.07, 6.45) is 0.814. The summed E-state index contributed by atoms with van der Waals surface area (Å²) >= 11 is 1.43. The Bertz CT molecular complexity index is 826. The minimum atomic E-state index is -0.0423. The van der Waals surface area contributed by atoms with Crippen LogP contribution in [0.2, 0.25) is 0 Å². The fourth-order valence-corrected chi connectivity index (χ4v) is 3.31. The second-order valence-electron chi connectivity index (χ2n) is 5.29. The average Bonchev–Trinajstić information content (AvgIpc) is 2.92. The Hall–Kier alpha value is -1.98. The molecule has 3 rings (SSSR count). The third-order valence-corrected chi connectivity index (χ3v) is 4.53. The number of pyridine rings is 1. The van der Waals surface area contributed by atoms with Gasteiger partial charge < -0.3 is 10.1 Å². The Morgan fingerprint density at radius 3 is 2.95 bits per heavy atom. The number of aromatic nitrogens is 1. The number of rotatable bonds is 5. The van der Waals surface area contributed by atoms with E-state index in [1.165, 1.54) is 16.9 Å². The van der Waals surface area contributed by atoms with Crippen LogP contribution in [0.4, 0.5) is 0 Å². The summed E-state index contributed by atoms with van der Waals surface area (Å²) in [5.74, 6) is -0.0423. The number of ether oxygens (including phenoxy) is 1. The number of amides is 1. The van der Waals surface area contributed by atoms with E-state index in [0.29, 0.717) is 18.0 Å². The first-order chi connectivity index (χ1) is 10.7. The Morgan fingerprint density at radius 1 is 1.27 bits per heavy atom. The van der Waals surface area contributed by atoms with Gasteiger partial charge in [0.2, 0.25) is 0 Å². The van der Waals surface area contributed by atoms with Crippen LogP contribution in [0.5, 0.6) is 0 Å². The molecule has 0 aliphatic heterocycles. The van der Waals surface area contributed by atoms with Gasteiger partial charge in [-0.1, -0.05) is 11.6 Å². The maximum Gasteiger partial charge on any atom is 0.261 e. The van der Waals surface area contributed by atoms with Gasteiger partial charge in [-0.15, -0.1) is 11.3 Å². The molecule has 0 fully saturated rings. The molecule has 1 aromatic carbocycles. The zero-order chi connectivity index (χ0) is 15.5. The zero-order valence-corrected chi connectivity index (χ0v) is 13.5. The average molecular weight is 314 g/mol. The lowest BCUT2D eigenvalue weighted by Crippen LogP contribution is -2.24. The van der Waals surface area contributed by atoms with Gasteiger partial charge in [0.05, 0.1) is 10.4 Å². The molecular formula is C17H18N2O2S. The van der Waals surface area contributed by atoms with Gasteiger partial charge in [-0.05, 0) is 37.6 Å². The van der Waals surface area contributed by atoms with Crippen molar-refractivity contribution in [3.05, 3.63) is 40.8 Å². The lowest BCUT2D eigenvalue weighted by Gasteiger charge is -2.01. The second kappa shape index (κ2) is 6.42. The molecule has 0 bridgehead atoms. The van der Waals surface area contributed by atoms with Crippen molar-refractivity contribution in [1.29, 1.82) is 0 Å². The second-order valence-corrected chi connectivity index (χ2v) is 6.32. The fourth-order valence-electron chi connectivity index (χ4n) is 2.37. The minimum Gasteiger partial charge on any atom is -0.385 e. The van der Waals surface area contributed by atoms with Gasteiger partial charge in [0.15, 0.2) is 0 Å². The third kappa shape index (κ3) is 3.10. The number of hydrogen-bond donors (Lipinski definition) is 1. The van der Waals surface area contributed by atoms with Crippen LogP contribution in [-0.2, 0) is 4.74 Å². The molecule has 0 aliphatic rings. The first-order valence-corrected chi connectivity index (χ1v) is 8.07. The Labute approximate surface area is 133 Å². The lowest BCUT2D eigenvalue weighted by molar-refractivity contribution is 0.0952. The number of fused-ring (bicyclic) bond motifs is 2. The molecule has 3 aromatic rings. The highest BCUT2D eigenvalue weighted by Crippen LogP contribution is 2.27. The lowest BCUT2D eigenvalue weighted by atomic mass is 10.1. The highest BCUT2D eigenvalue weighted by Gasteiger charge is 2.11. The molecule has 5 heteroatoms.